The van der Waals surface area contributed by atoms with E-state index in [0.29, 0.717) is 5.56 Å². The lowest BCUT2D eigenvalue weighted by atomic mass is 9.99. The summed E-state index contributed by atoms with van der Waals surface area (Å²) in [6, 6.07) is 4.21. The van der Waals surface area contributed by atoms with E-state index in [1.165, 1.54) is 25.3 Å². The lowest BCUT2D eigenvalue weighted by Gasteiger charge is -2.17. The average Bonchev–Trinajstić information content (AvgIpc) is 2.98. The van der Waals surface area contributed by atoms with E-state index in [9.17, 15) is 23.1 Å². The van der Waals surface area contributed by atoms with Gasteiger partial charge in [-0.3, -0.25) is 4.79 Å². The standard InChI is InChI=1S/C17H23NO7S/c1-4-25-17(21)13-5-12(10-24-3)6-14(7-13)26(22,23)18-8-11(2)15(9-18)16(19)20/h5-7,11,15H,4,8-10H2,1-3H3,(H,19,20)/t11-,15-/m1/s1. The van der Waals surface area contributed by atoms with Crippen molar-refractivity contribution in [2.75, 3.05) is 26.8 Å². The van der Waals surface area contributed by atoms with Gasteiger partial charge in [-0.1, -0.05) is 6.92 Å². The van der Waals surface area contributed by atoms with Crippen LogP contribution < -0.4 is 0 Å². The van der Waals surface area contributed by atoms with Crippen molar-refractivity contribution in [3.63, 3.8) is 0 Å². The first-order chi connectivity index (χ1) is 12.2. The Morgan fingerprint density at radius 3 is 2.50 bits per heavy atom. The van der Waals surface area contributed by atoms with Gasteiger partial charge in [0.25, 0.3) is 0 Å². The number of carbonyl (C=O) groups excluding carboxylic acids is 1. The maximum atomic E-state index is 13.0. The van der Waals surface area contributed by atoms with Gasteiger partial charge in [0.1, 0.15) is 0 Å². The van der Waals surface area contributed by atoms with Gasteiger partial charge in [-0.25, -0.2) is 13.2 Å². The lowest BCUT2D eigenvalue weighted by molar-refractivity contribution is -0.142. The third kappa shape index (κ3) is 4.22. The van der Waals surface area contributed by atoms with Crippen molar-refractivity contribution >= 4 is 22.0 Å². The van der Waals surface area contributed by atoms with Gasteiger partial charge in [-0.2, -0.15) is 4.31 Å². The van der Waals surface area contributed by atoms with Gasteiger partial charge >= 0.3 is 11.9 Å². The molecule has 2 rings (SSSR count). The molecule has 1 saturated heterocycles. The Bertz CT molecular complexity index is 790. The van der Waals surface area contributed by atoms with Gasteiger partial charge in [-0.05, 0) is 36.6 Å². The number of rotatable bonds is 7. The monoisotopic (exact) mass is 385 g/mol. The summed E-state index contributed by atoms with van der Waals surface area (Å²) in [5.74, 6) is -2.69. The molecule has 2 atom stereocenters. The molecule has 0 amide bonds. The zero-order valence-corrected chi connectivity index (χ0v) is 15.8. The normalized spacial score (nSPS) is 20.9. The lowest BCUT2D eigenvalue weighted by Crippen LogP contribution is -2.30. The van der Waals surface area contributed by atoms with E-state index in [4.69, 9.17) is 9.47 Å². The summed E-state index contributed by atoms with van der Waals surface area (Å²) in [4.78, 5) is 23.2. The molecular formula is C17H23NO7S. The highest BCUT2D eigenvalue weighted by molar-refractivity contribution is 7.89. The summed E-state index contributed by atoms with van der Waals surface area (Å²) in [6.07, 6.45) is 0. The fourth-order valence-corrected chi connectivity index (χ4v) is 4.64. The molecule has 0 spiro atoms. The van der Waals surface area contributed by atoms with Crippen LogP contribution in [0.2, 0.25) is 0 Å². The van der Waals surface area contributed by atoms with Crippen LogP contribution in [-0.2, 0) is 30.9 Å². The van der Waals surface area contributed by atoms with Crippen LogP contribution in [0.5, 0.6) is 0 Å². The number of carboxylic acid groups (broad SMARTS) is 1. The maximum Gasteiger partial charge on any atom is 0.338 e. The molecule has 26 heavy (non-hydrogen) atoms. The predicted molar refractivity (Wildman–Crippen MR) is 92.2 cm³/mol. The van der Waals surface area contributed by atoms with Crippen LogP contribution in [0.25, 0.3) is 0 Å². The van der Waals surface area contributed by atoms with Crippen LogP contribution in [0.15, 0.2) is 23.1 Å². The highest BCUT2D eigenvalue weighted by atomic mass is 32.2. The Balaban J connectivity index is 2.42. The molecule has 0 saturated carbocycles. The van der Waals surface area contributed by atoms with Crippen molar-refractivity contribution in [2.24, 2.45) is 11.8 Å². The number of hydrogen-bond donors (Lipinski definition) is 1. The van der Waals surface area contributed by atoms with Crippen molar-refractivity contribution in [3.05, 3.63) is 29.3 Å². The molecule has 144 valence electrons. The Hall–Kier alpha value is -1.97. The summed E-state index contributed by atoms with van der Waals surface area (Å²) in [5.41, 5.74) is 0.626. The summed E-state index contributed by atoms with van der Waals surface area (Å²) in [5, 5.41) is 9.23. The number of hydrogen-bond acceptors (Lipinski definition) is 6. The highest BCUT2D eigenvalue weighted by Crippen LogP contribution is 2.29. The number of esters is 1. The fourth-order valence-electron chi connectivity index (χ4n) is 2.98. The number of methoxy groups -OCH3 is 1. The van der Waals surface area contributed by atoms with Crippen LogP contribution in [0, 0.1) is 11.8 Å². The van der Waals surface area contributed by atoms with E-state index in [-0.39, 0.29) is 42.7 Å². The Morgan fingerprint density at radius 1 is 1.27 bits per heavy atom. The van der Waals surface area contributed by atoms with Crippen molar-refractivity contribution in [3.8, 4) is 0 Å². The number of carbonyl (C=O) groups is 2. The van der Waals surface area contributed by atoms with Crippen LogP contribution in [0.4, 0.5) is 0 Å². The van der Waals surface area contributed by atoms with Gasteiger partial charge in [0.2, 0.25) is 10.0 Å². The van der Waals surface area contributed by atoms with Gasteiger partial charge in [-0.15, -0.1) is 0 Å². The van der Waals surface area contributed by atoms with Crippen molar-refractivity contribution < 1.29 is 32.6 Å². The van der Waals surface area contributed by atoms with Gasteiger partial charge < -0.3 is 14.6 Å². The fraction of sp³-hybridized carbons (Fsp3) is 0.529. The molecule has 0 aromatic heterocycles. The van der Waals surface area contributed by atoms with E-state index in [2.05, 4.69) is 0 Å². The smallest absolute Gasteiger partial charge is 0.338 e. The van der Waals surface area contributed by atoms with Crippen LogP contribution in [0.1, 0.15) is 29.8 Å². The summed E-state index contributed by atoms with van der Waals surface area (Å²) < 4.78 is 37.1. The van der Waals surface area contributed by atoms with Crippen LogP contribution in [-0.4, -0.2) is 56.6 Å². The van der Waals surface area contributed by atoms with Crippen molar-refractivity contribution in [2.45, 2.75) is 25.3 Å². The zero-order valence-electron chi connectivity index (χ0n) is 15.0. The number of nitrogens with zero attached hydrogens (tertiary/aromatic N) is 1. The molecule has 1 heterocycles. The number of carboxylic acids is 1. The molecule has 0 radical (unpaired) electrons. The van der Waals surface area contributed by atoms with Crippen LogP contribution in [0.3, 0.4) is 0 Å². The number of aliphatic carboxylic acids is 1. The Morgan fingerprint density at radius 2 is 1.96 bits per heavy atom. The summed E-state index contributed by atoms with van der Waals surface area (Å²) in [7, 11) is -2.48. The molecule has 0 unspecified atom stereocenters. The molecule has 1 aromatic rings. The number of benzene rings is 1. The topological polar surface area (TPSA) is 110 Å². The molecule has 9 heteroatoms. The van der Waals surface area contributed by atoms with E-state index in [1.54, 1.807) is 13.8 Å². The van der Waals surface area contributed by atoms with Crippen molar-refractivity contribution in [1.82, 2.24) is 4.31 Å². The quantitative estimate of drug-likeness (QED) is 0.705. The highest BCUT2D eigenvalue weighted by Gasteiger charge is 2.41. The minimum absolute atomic E-state index is 0.0756. The molecular weight excluding hydrogens is 362 g/mol. The number of sulfonamides is 1. The predicted octanol–water partition coefficient (Wildman–Crippen LogP) is 1.35. The molecule has 0 bridgehead atoms. The van der Waals surface area contributed by atoms with Crippen molar-refractivity contribution in [1.29, 1.82) is 0 Å². The molecule has 1 fully saturated rings. The second-order valence-corrected chi connectivity index (χ2v) is 8.20. The van der Waals surface area contributed by atoms with E-state index in [1.807, 2.05) is 0 Å². The SMILES string of the molecule is CCOC(=O)c1cc(COC)cc(S(=O)(=O)N2C[C@@H](C)[C@H](C(=O)O)C2)c1. The molecule has 1 aromatic carbocycles. The van der Waals surface area contributed by atoms with E-state index in [0.717, 1.165) is 4.31 Å². The average molecular weight is 385 g/mol. The third-order valence-electron chi connectivity index (χ3n) is 4.32. The molecule has 1 aliphatic heterocycles. The maximum absolute atomic E-state index is 13.0. The minimum Gasteiger partial charge on any atom is -0.481 e. The largest absolute Gasteiger partial charge is 0.481 e. The summed E-state index contributed by atoms with van der Waals surface area (Å²) in [6.45, 7) is 3.68. The molecule has 8 nitrogen and oxygen atoms in total. The first-order valence-corrected chi connectivity index (χ1v) is 9.67. The minimum atomic E-state index is -3.94. The van der Waals surface area contributed by atoms with Crippen LogP contribution >= 0.6 is 0 Å². The second kappa shape index (κ2) is 8.15. The Labute approximate surface area is 152 Å². The first-order valence-electron chi connectivity index (χ1n) is 8.23. The summed E-state index contributed by atoms with van der Waals surface area (Å²) >= 11 is 0. The second-order valence-electron chi connectivity index (χ2n) is 6.26. The molecule has 0 aliphatic carbocycles. The molecule has 1 aliphatic rings. The van der Waals surface area contributed by atoms with Gasteiger partial charge in [0, 0.05) is 20.2 Å². The van der Waals surface area contributed by atoms with Gasteiger partial charge in [0.15, 0.2) is 0 Å². The third-order valence-corrected chi connectivity index (χ3v) is 6.13. The first kappa shape index (κ1) is 20.3. The number of ether oxygens (including phenoxy) is 2. The van der Waals surface area contributed by atoms with E-state index >= 15 is 0 Å². The van der Waals surface area contributed by atoms with Gasteiger partial charge in [0.05, 0.1) is 29.6 Å². The Kier molecular flexibility index (Phi) is 6.38. The zero-order chi connectivity index (χ0) is 19.5. The van der Waals surface area contributed by atoms with E-state index < -0.39 is 27.9 Å². The molecule has 1 N–H and O–H groups in total.